The minimum Gasteiger partial charge on any atom is -0.494 e. The van der Waals surface area contributed by atoms with Crippen molar-refractivity contribution < 1.29 is 17.9 Å². The van der Waals surface area contributed by atoms with Crippen molar-refractivity contribution in [3.63, 3.8) is 0 Å². The van der Waals surface area contributed by atoms with E-state index in [0.717, 1.165) is 4.31 Å². The highest BCUT2D eigenvalue weighted by molar-refractivity contribution is 7.89. The number of nitrogens with zero attached hydrogens (tertiary/aromatic N) is 1. The molecule has 0 saturated heterocycles. The predicted octanol–water partition coefficient (Wildman–Crippen LogP) is 3.00. The first kappa shape index (κ1) is 19.2. The molecule has 25 heavy (non-hydrogen) atoms. The van der Waals surface area contributed by atoms with Crippen LogP contribution in [-0.4, -0.2) is 38.8 Å². The summed E-state index contributed by atoms with van der Waals surface area (Å²) in [6.07, 6.45) is 0. The smallest absolute Gasteiger partial charge is 0.243 e. The molecule has 8 heteroatoms. The number of halogens is 1. The summed E-state index contributed by atoms with van der Waals surface area (Å²) in [6.45, 7) is 2.13. The molecule has 0 bridgehead atoms. The average Bonchev–Trinajstić information content (AvgIpc) is 2.57. The molecule has 0 aliphatic heterocycles. The molecule has 0 atom stereocenters. The second-order valence-corrected chi connectivity index (χ2v) is 7.70. The molecule has 0 unspecified atom stereocenters. The van der Waals surface area contributed by atoms with Gasteiger partial charge in [-0.2, -0.15) is 4.31 Å². The van der Waals surface area contributed by atoms with Crippen LogP contribution in [0, 0.1) is 0 Å². The van der Waals surface area contributed by atoms with Crippen LogP contribution >= 0.6 is 11.6 Å². The van der Waals surface area contributed by atoms with Crippen LogP contribution in [0.3, 0.4) is 0 Å². The summed E-state index contributed by atoms with van der Waals surface area (Å²) in [7, 11) is -2.41. The van der Waals surface area contributed by atoms with Crippen LogP contribution in [0.15, 0.2) is 53.4 Å². The van der Waals surface area contributed by atoms with Gasteiger partial charge in [-0.25, -0.2) is 8.42 Å². The molecule has 0 aliphatic carbocycles. The monoisotopic (exact) mass is 382 g/mol. The average molecular weight is 383 g/mol. The second-order valence-electron chi connectivity index (χ2n) is 5.22. The number of anilines is 1. The van der Waals surface area contributed by atoms with Gasteiger partial charge >= 0.3 is 0 Å². The Balaban J connectivity index is 2.00. The van der Waals surface area contributed by atoms with Gasteiger partial charge in [0.05, 0.1) is 18.0 Å². The highest BCUT2D eigenvalue weighted by Gasteiger charge is 2.22. The van der Waals surface area contributed by atoms with Crippen molar-refractivity contribution in [1.29, 1.82) is 0 Å². The maximum atomic E-state index is 12.4. The summed E-state index contributed by atoms with van der Waals surface area (Å²) in [5, 5.41) is 3.09. The van der Waals surface area contributed by atoms with Gasteiger partial charge in [-0.15, -0.1) is 0 Å². The number of hydrogen-bond acceptors (Lipinski definition) is 4. The Hall–Kier alpha value is -2.09. The summed E-state index contributed by atoms with van der Waals surface area (Å²) in [5.41, 5.74) is 0.561. The lowest BCUT2D eigenvalue weighted by molar-refractivity contribution is -0.116. The Morgan fingerprint density at radius 2 is 1.72 bits per heavy atom. The largest absolute Gasteiger partial charge is 0.494 e. The van der Waals surface area contributed by atoms with Crippen molar-refractivity contribution in [2.75, 3.05) is 25.5 Å². The quantitative estimate of drug-likeness (QED) is 0.798. The van der Waals surface area contributed by atoms with E-state index in [2.05, 4.69) is 5.32 Å². The van der Waals surface area contributed by atoms with E-state index < -0.39 is 15.9 Å². The first-order valence-corrected chi connectivity index (χ1v) is 9.39. The van der Waals surface area contributed by atoms with Crippen LogP contribution < -0.4 is 10.1 Å². The van der Waals surface area contributed by atoms with Crippen molar-refractivity contribution in [2.24, 2.45) is 0 Å². The van der Waals surface area contributed by atoms with Crippen molar-refractivity contribution in [2.45, 2.75) is 11.8 Å². The molecule has 0 saturated carbocycles. The summed E-state index contributed by atoms with van der Waals surface area (Å²) in [5.74, 6) is 0.257. The highest BCUT2D eigenvalue weighted by Crippen LogP contribution is 2.18. The van der Waals surface area contributed by atoms with Gasteiger partial charge in [0.2, 0.25) is 15.9 Å². The fraction of sp³-hybridized carbons (Fsp3) is 0.235. The predicted molar refractivity (Wildman–Crippen MR) is 97.5 cm³/mol. The van der Waals surface area contributed by atoms with Crippen LogP contribution in [-0.2, 0) is 14.8 Å². The Bertz CT molecular complexity index is 821. The van der Waals surface area contributed by atoms with E-state index in [1.54, 1.807) is 24.3 Å². The summed E-state index contributed by atoms with van der Waals surface area (Å²) >= 11 is 5.77. The maximum Gasteiger partial charge on any atom is 0.243 e. The number of hydrogen-bond donors (Lipinski definition) is 1. The molecule has 6 nitrogen and oxygen atoms in total. The van der Waals surface area contributed by atoms with Crippen LogP contribution in [0.1, 0.15) is 6.92 Å². The molecular weight excluding hydrogens is 364 g/mol. The van der Waals surface area contributed by atoms with E-state index in [1.165, 1.54) is 31.3 Å². The molecule has 0 aromatic heterocycles. The van der Waals surface area contributed by atoms with Gasteiger partial charge in [0.15, 0.2) is 0 Å². The van der Waals surface area contributed by atoms with Crippen LogP contribution in [0.2, 0.25) is 5.02 Å². The van der Waals surface area contributed by atoms with E-state index in [0.29, 0.717) is 23.1 Å². The standard InChI is InChI=1S/C17H19ClN2O4S/c1-3-24-15-8-6-14(7-9-15)19-17(21)12-20(2)25(22,23)16-10-4-13(18)5-11-16/h4-11H,3,12H2,1-2H3,(H,19,21). The third-order valence-electron chi connectivity index (χ3n) is 3.34. The molecule has 0 radical (unpaired) electrons. The summed E-state index contributed by atoms with van der Waals surface area (Å²) in [4.78, 5) is 12.2. The van der Waals surface area contributed by atoms with Crippen molar-refractivity contribution in [1.82, 2.24) is 4.31 Å². The fourth-order valence-corrected chi connectivity index (χ4v) is 3.33. The first-order chi connectivity index (χ1) is 11.8. The highest BCUT2D eigenvalue weighted by atomic mass is 35.5. The van der Waals surface area contributed by atoms with Gasteiger partial charge in [0, 0.05) is 17.8 Å². The number of sulfonamides is 1. The van der Waals surface area contributed by atoms with Gasteiger partial charge in [-0.05, 0) is 55.5 Å². The maximum absolute atomic E-state index is 12.4. The Morgan fingerprint density at radius 3 is 2.28 bits per heavy atom. The SMILES string of the molecule is CCOc1ccc(NC(=O)CN(C)S(=O)(=O)c2ccc(Cl)cc2)cc1. The number of carbonyl (C=O) groups is 1. The lowest BCUT2D eigenvalue weighted by atomic mass is 10.3. The molecule has 0 spiro atoms. The zero-order valence-corrected chi connectivity index (χ0v) is 15.5. The number of benzene rings is 2. The van der Waals surface area contributed by atoms with Crippen LogP contribution in [0.5, 0.6) is 5.75 Å². The minimum atomic E-state index is -3.76. The molecule has 0 heterocycles. The van der Waals surface area contributed by atoms with E-state index >= 15 is 0 Å². The summed E-state index contributed by atoms with van der Waals surface area (Å²) < 4.78 is 31.2. The second kappa shape index (κ2) is 8.33. The van der Waals surface area contributed by atoms with Gasteiger partial charge in [-0.3, -0.25) is 4.79 Å². The minimum absolute atomic E-state index is 0.0771. The number of carbonyl (C=O) groups excluding carboxylic acids is 1. The summed E-state index contributed by atoms with van der Waals surface area (Å²) in [6, 6.07) is 12.6. The molecule has 1 N–H and O–H groups in total. The lowest BCUT2D eigenvalue weighted by Crippen LogP contribution is -2.34. The van der Waals surface area contributed by atoms with Crippen molar-refractivity contribution in [3.05, 3.63) is 53.6 Å². The van der Waals surface area contributed by atoms with Gasteiger partial charge in [0.25, 0.3) is 0 Å². The van der Waals surface area contributed by atoms with Gasteiger partial charge in [0.1, 0.15) is 5.75 Å². The molecule has 2 aromatic rings. The molecule has 0 aliphatic rings. The fourth-order valence-electron chi connectivity index (χ4n) is 2.08. The Labute approximate surface area is 152 Å². The zero-order valence-electron chi connectivity index (χ0n) is 13.9. The van der Waals surface area contributed by atoms with Crippen molar-refractivity contribution >= 4 is 33.2 Å². The van der Waals surface area contributed by atoms with E-state index in [-0.39, 0.29) is 11.4 Å². The number of rotatable bonds is 7. The number of ether oxygens (including phenoxy) is 1. The van der Waals surface area contributed by atoms with Gasteiger partial charge < -0.3 is 10.1 Å². The normalized spacial score (nSPS) is 11.4. The molecule has 134 valence electrons. The third-order valence-corrected chi connectivity index (χ3v) is 5.41. The van der Waals surface area contributed by atoms with Gasteiger partial charge in [-0.1, -0.05) is 11.6 Å². The molecule has 2 aromatic carbocycles. The Kier molecular flexibility index (Phi) is 6.41. The van der Waals surface area contributed by atoms with Crippen LogP contribution in [0.4, 0.5) is 5.69 Å². The first-order valence-electron chi connectivity index (χ1n) is 7.57. The molecule has 0 fully saturated rings. The number of nitrogens with one attached hydrogen (secondary N) is 1. The Morgan fingerprint density at radius 1 is 1.12 bits per heavy atom. The number of amides is 1. The zero-order chi connectivity index (χ0) is 18.4. The topological polar surface area (TPSA) is 75.7 Å². The van der Waals surface area contributed by atoms with Crippen molar-refractivity contribution in [3.8, 4) is 5.75 Å². The third kappa shape index (κ3) is 5.19. The molecule has 1 amide bonds. The number of likely N-dealkylation sites (N-methyl/N-ethyl adjacent to an activating group) is 1. The van der Waals surface area contributed by atoms with E-state index in [1.807, 2.05) is 6.92 Å². The van der Waals surface area contributed by atoms with E-state index in [4.69, 9.17) is 16.3 Å². The molecule has 2 rings (SSSR count). The lowest BCUT2D eigenvalue weighted by Gasteiger charge is -2.17. The van der Waals surface area contributed by atoms with E-state index in [9.17, 15) is 13.2 Å². The van der Waals surface area contributed by atoms with Crippen LogP contribution in [0.25, 0.3) is 0 Å². The molecular formula is C17H19ClN2O4S.